The van der Waals surface area contributed by atoms with E-state index in [-0.39, 0.29) is 11.4 Å². The lowest BCUT2D eigenvalue weighted by atomic mass is 10.2. The second-order valence-electron chi connectivity index (χ2n) is 5.42. The van der Waals surface area contributed by atoms with Crippen molar-refractivity contribution in [2.24, 2.45) is 5.10 Å². The SMILES string of the molecule is O=C(N/N=C\c1ccncc1)c1nn(Cc2ccc(Br)cc2)cc1[N+](=O)[O-]. The molecular weight excluding hydrogens is 416 g/mol. The van der Waals surface area contributed by atoms with Crippen LogP contribution in [0.15, 0.2) is 64.6 Å². The van der Waals surface area contributed by atoms with Crippen LogP contribution in [-0.4, -0.2) is 31.8 Å². The van der Waals surface area contributed by atoms with E-state index >= 15 is 0 Å². The molecular formula is C17H13BrN6O3. The summed E-state index contributed by atoms with van der Waals surface area (Å²) >= 11 is 3.34. The first-order chi connectivity index (χ1) is 13.0. The summed E-state index contributed by atoms with van der Waals surface area (Å²) < 4.78 is 2.27. The molecule has 3 aromatic rings. The number of nitro groups is 1. The monoisotopic (exact) mass is 428 g/mol. The van der Waals surface area contributed by atoms with Crippen molar-refractivity contribution in [1.82, 2.24) is 20.2 Å². The number of hydrazone groups is 1. The van der Waals surface area contributed by atoms with Crippen molar-refractivity contribution in [3.05, 3.63) is 86.4 Å². The fourth-order valence-electron chi connectivity index (χ4n) is 2.23. The van der Waals surface area contributed by atoms with Crippen LogP contribution in [0, 0.1) is 10.1 Å². The molecule has 9 nitrogen and oxygen atoms in total. The number of carbonyl (C=O) groups excluding carboxylic acids is 1. The molecule has 0 saturated heterocycles. The molecule has 27 heavy (non-hydrogen) atoms. The highest BCUT2D eigenvalue weighted by Gasteiger charge is 2.25. The van der Waals surface area contributed by atoms with E-state index < -0.39 is 10.8 Å². The van der Waals surface area contributed by atoms with Gasteiger partial charge in [-0.1, -0.05) is 28.1 Å². The van der Waals surface area contributed by atoms with Gasteiger partial charge >= 0.3 is 5.69 Å². The molecule has 10 heteroatoms. The van der Waals surface area contributed by atoms with Gasteiger partial charge in [0.05, 0.1) is 17.7 Å². The molecule has 0 spiro atoms. The van der Waals surface area contributed by atoms with Gasteiger partial charge in [-0.3, -0.25) is 24.6 Å². The van der Waals surface area contributed by atoms with Gasteiger partial charge in [0, 0.05) is 16.9 Å². The Balaban J connectivity index is 1.76. The minimum Gasteiger partial charge on any atom is -0.265 e. The third-order valence-electron chi connectivity index (χ3n) is 3.50. The number of hydrogen-bond donors (Lipinski definition) is 1. The summed E-state index contributed by atoms with van der Waals surface area (Å²) in [7, 11) is 0. The van der Waals surface area contributed by atoms with E-state index in [1.165, 1.54) is 17.1 Å². The van der Waals surface area contributed by atoms with E-state index in [0.717, 1.165) is 15.6 Å². The molecule has 0 aliphatic carbocycles. The van der Waals surface area contributed by atoms with Crippen molar-refractivity contribution < 1.29 is 9.72 Å². The third-order valence-corrected chi connectivity index (χ3v) is 4.03. The molecule has 0 bridgehead atoms. The molecule has 2 aromatic heterocycles. The van der Waals surface area contributed by atoms with Crippen LogP contribution >= 0.6 is 15.9 Å². The van der Waals surface area contributed by atoms with Crippen molar-refractivity contribution in [3.63, 3.8) is 0 Å². The van der Waals surface area contributed by atoms with E-state index in [1.807, 2.05) is 24.3 Å². The van der Waals surface area contributed by atoms with Gasteiger partial charge < -0.3 is 0 Å². The second kappa shape index (κ2) is 8.32. The highest BCUT2D eigenvalue weighted by molar-refractivity contribution is 9.10. The maximum atomic E-state index is 12.2. The first kappa shape index (κ1) is 18.4. The Bertz CT molecular complexity index is 986. The first-order valence-corrected chi connectivity index (χ1v) is 8.52. The fraction of sp³-hybridized carbons (Fsp3) is 0.0588. The molecule has 2 heterocycles. The number of nitrogens with one attached hydrogen (secondary N) is 1. The maximum Gasteiger partial charge on any atom is 0.320 e. The zero-order valence-corrected chi connectivity index (χ0v) is 15.4. The van der Waals surface area contributed by atoms with Gasteiger partial charge in [0.15, 0.2) is 0 Å². The lowest BCUT2D eigenvalue weighted by molar-refractivity contribution is -0.385. The molecule has 0 saturated carbocycles. The normalized spacial score (nSPS) is 10.9. The van der Waals surface area contributed by atoms with Gasteiger partial charge in [0.25, 0.3) is 5.91 Å². The fourth-order valence-corrected chi connectivity index (χ4v) is 2.50. The molecule has 1 N–H and O–H groups in total. The molecule has 0 unspecified atom stereocenters. The number of aromatic nitrogens is 3. The Morgan fingerprint density at radius 3 is 2.63 bits per heavy atom. The topological polar surface area (TPSA) is 115 Å². The third kappa shape index (κ3) is 4.82. The van der Waals surface area contributed by atoms with Crippen LogP contribution in [-0.2, 0) is 6.54 Å². The number of amides is 1. The minimum absolute atomic E-state index is 0.293. The molecule has 3 rings (SSSR count). The molecule has 0 aliphatic rings. The summed E-state index contributed by atoms with van der Waals surface area (Å²) in [4.78, 5) is 26.7. The average Bonchev–Trinajstić information content (AvgIpc) is 3.09. The molecule has 0 aliphatic heterocycles. The standard InChI is InChI=1S/C17H13BrN6O3/c18-14-3-1-13(2-4-14)10-23-11-15(24(26)27)16(22-23)17(25)21-20-9-12-5-7-19-8-6-12/h1-9,11H,10H2,(H,21,25)/b20-9-. The number of pyridine rings is 1. The second-order valence-corrected chi connectivity index (χ2v) is 6.34. The summed E-state index contributed by atoms with van der Waals surface area (Å²) in [5.41, 5.74) is 3.17. The molecule has 136 valence electrons. The van der Waals surface area contributed by atoms with Crippen LogP contribution in [0.2, 0.25) is 0 Å². The number of benzene rings is 1. The largest absolute Gasteiger partial charge is 0.320 e. The van der Waals surface area contributed by atoms with Gasteiger partial charge in [-0.05, 0) is 35.4 Å². The number of carbonyl (C=O) groups is 1. The van der Waals surface area contributed by atoms with Crippen LogP contribution in [0.4, 0.5) is 5.69 Å². The highest BCUT2D eigenvalue weighted by atomic mass is 79.9. The van der Waals surface area contributed by atoms with Gasteiger partial charge in [-0.25, -0.2) is 5.43 Å². The summed E-state index contributed by atoms with van der Waals surface area (Å²) in [6.45, 7) is 0.293. The quantitative estimate of drug-likeness (QED) is 0.368. The van der Waals surface area contributed by atoms with Crippen LogP contribution in [0.5, 0.6) is 0 Å². The molecule has 1 aromatic carbocycles. The Morgan fingerprint density at radius 2 is 1.96 bits per heavy atom. The zero-order chi connectivity index (χ0) is 19.2. The van der Waals surface area contributed by atoms with Crippen molar-refractivity contribution in [2.75, 3.05) is 0 Å². The van der Waals surface area contributed by atoms with Crippen LogP contribution < -0.4 is 5.43 Å². The molecule has 0 radical (unpaired) electrons. The lowest BCUT2D eigenvalue weighted by Crippen LogP contribution is -2.19. The van der Waals surface area contributed by atoms with Crippen molar-refractivity contribution in [2.45, 2.75) is 6.54 Å². The Morgan fingerprint density at radius 1 is 1.26 bits per heavy atom. The van der Waals surface area contributed by atoms with Gasteiger partial charge in [0.2, 0.25) is 5.69 Å². The number of halogens is 1. The Hall–Kier alpha value is -3.40. The Kier molecular flexibility index (Phi) is 5.67. The van der Waals surface area contributed by atoms with E-state index in [1.54, 1.807) is 24.5 Å². The average molecular weight is 429 g/mol. The van der Waals surface area contributed by atoms with Crippen LogP contribution in [0.3, 0.4) is 0 Å². The predicted molar refractivity (Wildman–Crippen MR) is 101 cm³/mol. The van der Waals surface area contributed by atoms with Crippen molar-refractivity contribution >= 4 is 33.7 Å². The number of rotatable bonds is 6. The molecule has 0 fully saturated rings. The van der Waals surface area contributed by atoms with E-state index in [4.69, 9.17) is 0 Å². The Labute approximate surface area is 162 Å². The van der Waals surface area contributed by atoms with Gasteiger partial charge in [-0.2, -0.15) is 10.2 Å². The first-order valence-electron chi connectivity index (χ1n) is 7.72. The van der Waals surface area contributed by atoms with Crippen LogP contribution in [0.25, 0.3) is 0 Å². The van der Waals surface area contributed by atoms with Crippen LogP contribution in [0.1, 0.15) is 21.6 Å². The summed E-state index contributed by atoms with van der Waals surface area (Å²) in [6, 6.07) is 10.8. The highest BCUT2D eigenvalue weighted by Crippen LogP contribution is 2.18. The van der Waals surface area contributed by atoms with Crippen molar-refractivity contribution in [3.8, 4) is 0 Å². The number of nitrogens with zero attached hydrogens (tertiary/aromatic N) is 5. The predicted octanol–water partition coefficient (Wildman–Crippen LogP) is 2.76. The smallest absolute Gasteiger partial charge is 0.265 e. The van der Waals surface area contributed by atoms with Gasteiger partial charge in [0.1, 0.15) is 6.20 Å². The molecule has 0 atom stereocenters. The zero-order valence-electron chi connectivity index (χ0n) is 13.8. The summed E-state index contributed by atoms with van der Waals surface area (Å²) in [5, 5.41) is 19.1. The van der Waals surface area contributed by atoms with E-state index in [0.29, 0.717) is 6.54 Å². The number of hydrogen-bond acceptors (Lipinski definition) is 6. The summed E-state index contributed by atoms with van der Waals surface area (Å²) in [5.74, 6) is -0.762. The lowest BCUT2D eigenvalue weighted by Gasteiger charge is -2.01. The summed E-state index contributed by atoms with van der Waals surface area (Å²) in [6.07, 6.45) is 5.80. The minimum atomic E-state index is -0.762. The van der Waals surface area contributed by atoms with E-state index in [9.17, 15) is 14.9 Å². The van der Waals surface area contributed by atoms with E-state index in [2.05, 4.69) is 36.5 Å². The maximum absolute atomic E-state index is 12.2. The molecule has 1 amide bonds. The van der Waals surface area contributed by atoms with Crippen molar-refractivity contribution in [1.29, 1.82) is 0 Å². The van der Waals surface area contributed by atoms with Gasteiger partial charge in [-0.15, -0.1) is 0 Å².